The van der Waals surface area contributed by atoms with E-state index in [1.807, 2.05) is 13.8 Å². The van der Waals surface area contributed by atoms with E-state index < -0.39 is 0 Å². The molecule has 0 aliphatic carbocycles. The number of hydrogen-bond donors (Lipinski definition) is 0. The Kier molecular flexibility index (Phi) is 4.19. The molecule has 0 N–H and O–H groups in total. The van der Waals surface area contributed by atoms with Gasteiger partial charge in [-0.25, -0.2) is 0 Å². The predicted octanol–water partition coefficient (Wildman–Crippen LogP) is 3.79. The molecular formula is C14H23N. The summed E-state index contributed by atoms with van der Waals surface area (Å²) < 4.78 is 0. The fraction of sp³-hybridized carbons (Fsp3) is 0.571. The van der Waals surface area contributed by atoms with E-state index in [-0.39, 0.29) is 0 Å². The Morgan fingerprint density at radius 3 is 2.47 bits per heavy atom. The van der Waals surface area contributed by atoms with Crippen LogP contribution < -0.4 is 4.90 Å². The average molecular weight is 205 g/mol. The third-order valence-electron chi connectivity index (χ3n) is 2.92. The van der Waals surface area contributed by atoms with E-state index in [1.54, 1.807) is 5.56 Å². The van der Waals surface area contributed by atoms with Gasteiger partial charge in [0.15, 0.2) is 0 Å². The summed E-state index contributed by atoms with van der Waals surface area (Å²) in [6.45, 7) is 11.9. The van der Waals surface area contributed by atoms with Crippen molar-refractivity contribution >= 4 is 5.69 Å². The molecule has 1 aromatic rings. The lowest BCUT2D eigenvalue weighted by Crippen LogP contribution is -2.28. The monoisotopic (exact) mass is 205 g/mol. The number of hydrogen-bond acceptors (Lipinski definition) is 1. The fourth-order valence-electron chi connectivity index (χ4n) is 2.17. The minimum Gasteiger partial charge on any atom is -0.369 e. The molecule has 0 spiro atoms. The lowest BCUT2D eigenvalue weighted by molar-refractivity contribution is 0.710. The second-order valence-corrected chi connectivity index (χ2v) is 4.11. The van der Waals surface area contributed by atoms with Crippen molar-refractivity contribution < 1.29 is 0 Å². The Morgan fingerprint density at radius 1 is 1.20 bits per heavy atom. The van der Waals surface area contributed by atoms with Gasteiger partial charge in [-0.3, -0.25) is 0 Å². The summed E-state index contributed by atoms with van der Waals surface area (Å²) in [5.74, 6) is 0. The van der Waals surface area contributed by atoms with Gasteiger partial charge in [-0.05, 0) is 44.4 Å². The summed E-state index contributed by atoms with van der Waals surface area (Å²) in [6, 6.07) is 7.25. The molecule has 2 rings (SSSR count). The zero-order valence-electron chi connectivity index (χ0n) is 10.7. The summed E-state index contributed by atoms with van der Waals surface area (Å²) in [5, 5.41) is 0. The van der Waals surface area contributed by atoms with E-state index in [9.17, 15) is 0 Å². The van der Waals surface area contributed by atoms with E-state index in [1.165, 1.54) is 24.2 Å². The van der Waals surface area contributed by atoms with Crippen LogP contribution in [-0.4, -0.2) is 12.6 Å². The largest absolute Gasteiger partial charge is 0.369 e. The highest BCUT2D eigenvalue weighted by atomic mass is 15.2. The van der Waals surface area contributed by atoms with E-state index >= 15 is 0 Å². The molecule has 84 valence electrons. The normalized spacial score (nSPS) is 13.6. The smallest absolute Gasteiger partial charge is 0.0404 e. The number of benzene rings is 1. The topological polar surface area (TPSA) is 3.24 Å². The lowest BCUT2D eigenvalue weighted by Gasteiger charge is -2.23. The SMILES string of the molecule is CC.Cc1cccc2c1CCN2C(C)C. The van der Waals surface area contributed by atoms with Crippen LogP contribution in [0.4, 0.5) is 5.69 Å². The van der Waals surface area contributed by atoms with Crippen molar-refractivity contribution in [2.24, 2.45) is 0 Å². The highest BCUT2D eigenvalue weighted by molar-refractivity contribution is 5.61. The van der Waals surface area contributed by atoms with Crippen molar-refractivity contribution in [3.8, 4) is 0 Å². The quantitative estimate of drug-likeness (QED) is 0.674. The summed E-state index contributed by atoms with van der Waals surface area (Å²) in [5.41, 5.74) is 4.45. The first-order valence-corrected chi connectivity index (χ1v) is 6.05. The van der Waals surface area contributed by atoms with Crippen LogP contribution in [0.5, 0.6) is 0 Å². The third kappa shape index (κ3) is 2.34. The first-order chi connectivity index (χ1) is 7.20. The van der Waals surface area contributed by atoms with Crippen LogP contribution >= 0.6 is 0 Å². The maximum atomic E-state index is 2.49. The molecule has 0 amide bonds. The van der Waals surface area contributed by atoms with Gasteiger partial charge >= 0.3 is 0 Å². The Labute approximate surface area is 94.1 Å². The first kappa shape index (κ1) is 12.1. The van der Waals surface area contributed by atoms with Gasteiger partial charge in [-0.15, -0.1) is 0 Å². The molecular weight excluding hydrogens is 182 g/mol. The van der Waals surface area contributed by atoms with Gasteiger partial charge in [-0.2, -0.15) is 0 Å². The van der Waals surface area contributed by atoms with Gasteiger partial charge in [-0.1, -0.05) is 26.0 Å². The first-order valence-electron chi connectivity index (χ1n) is 6.05. The van der Waals surface area contributed by atoms with E-state index in [2.05, 4.69) is 43.9 Å². The van der Waals surface area contributed by atoms with Gasteiger partial charge in [0.25, 0.3) is 0 Å². The molecule has 1 heteroatoms. The number of anilines is 1. The van der Waals surface area contributed by atoms with E-state index in [4.69, 9.17) is 0 Å². The van der Waals surface area contributed by atoms with Crippen LogP contribution in [0.25, 0.3) is 0 Å². The number of fused-ring (bicyclic) bond motifs is 1. The van der Waals surface area contributed by atoms with E-state index in [0.717, 1.165) is 0 Å². The van der Waals surface area contributed by atoms with Gasteiger partial charge in [0.2, 0.25) is 0 Å². The number of aryl methyl sites for hydroxylation is 1. The van der Waals surface area contributed by atoms with Crippen molar-refractivity contribution in [2.45, 2.75) is 47.1 Å². The molecule has 0 aromatic heterocycles. The Bertz CT molecular complexity index is 315. The minimum atomic E-state index is 0.628. The van der Waals surface area contributed by atoms with Gasteiger partial charge in [0, 0.05) is 18.3 Å². The van der Waals surface area contributed by atoms with Crippen LogP contribution in [0.3, 0.4) is 0 Å². The predicted molar refractivity (Wildman–Crippen MR) is 68.7 cm³/mol. The molecule has 0 radical (unpaired) electrons. The van der Waals surface area contributed by atoms with Crippen LogP contribution in [-0.2, 0) is 6.42 Å². The molecule has 0 saturated heterocycles. The standard InChI is InChI=1S/C12H17N.C2H6/c1-9(2)13-8-7-11-10(3)5-4-6-12(11)13;1-2/h4-6,9H,7-8H2,1-3H3;1-2H3. The highest BCUT2D eigenvalue weighted by Crippen LogP contribution is 2.31. The molecule has 15 heavy (non-hydrogen) atoms. The maximum absolute atomic E-state index is 2.49. The van der Waals surface area contributed by atoms with Crippen LogP contribution in [0.15, 0.2) is 18.2 Å². The molecule has 0 atom stereocenters. The van der Waals surface area contributed by atoms with Crippen molar-refractivity contribution in [3.63, 3.8) is 0 Å². The zero-order valence-corrected chi connectivity index (χ0v) is 10.7. The molecule has 1 aromatic carbocycles. The maximum Gasteiger partial charge on any atom is 0.0404 e. The molecule has 1 nitrogen and oxygen atoms in total. The number of rotatable bonds is 1. The Hall–Kier alpha value is -0.980. The van der Waals surface area contributed by atoms with E-state index in [0.29, 0.717) is 6.04 Å². The zero-order chi connectivity index (χ0) is 11.4. The second-order valence-electron chi connectivity index (χ2n) is 4.11. The molecule has 0 bridgehead atoms. The van der Waals surface area contributed by atoms with Crippen LogP contribution in [0.2, 0.25) is 0 Å². The summed E-state index contributed by atoms with van der Waals surface area (Å²) in [6.07, 6.45) is 1.22. The van der Waals surface area contributed by atoms with Crippen LogP contribution in [0, 0.1) is 6.92 Å². The van der Waals surface area contributed by atoms with Crippen molar-refractivity contribution in [3.05, 3.63) is 29.3 Å². The van der Waals surface area contributed by atoms with Crippen molar-refractivity contribution in [2.75, 3.05) is 11.4 Å². The van der Waals surface area contributed by atoms with Gasteiger partial charge < -0.3 is 4.90 Å². The molecule has 0 saturated carbocycles. The third-order valence-corrected chi connectivity index (χ3v) is 2.92. The molecule has 0 unspecified atom stereocenters. The summed E-state index contributed by atoms with van der Waals surface area (Å²) in [7, 11) is 0. The molecule has 1 aliphatic heterocycles. The summed E-state index contributed by atoms with van der Waals surface area (Å²) >= 11 is 0. The molecule has 1 aliphatic rings. The van der Waals surface area contributed by atoms with Crippen molar-refractivity contribution in [1.82, 2.24) is 0 Å². The van der Waals surface area contributed by atoms with Gasteiger partial charge in [0.05, 0.1) is 0 Å². The lowest BCUT2D eigenvalue weighted by atomic mass is 10.1. The highest BCUT2D eigenvalue weighted by Gasteiger charge is 2.21. The average Bonchev–Trinajstić information content (AvgIpc) is 2.66. The molecule has 0 fully saturated rings. The van der Waals surface area contributed by atoms with Gasteiger partial charge in [0.1, 0.15) is 0 Å². The minimum absolute atomic E-state index is 0.628. The second kappa shape index (κ2) is 5.20. The summed E-state index contributed by atoms with van der Waals surface area (Å²) in [4.78, 5) is 2.49. The van der Waals surface area contributed by atoms with Crippen LogP contribution in [0.1, 0.15) is 38.8 Å². The van der Waals surface area contributed by atoms with Crippen molar-refractivity contribution in [1.29, 1.82) is 0 Å². The molecule has 1 heterocycles. The Morgan fingerprint density at radius 2 is 1.87 bits per heavy atom. The Balaban J connectivity index is 0.000000531. The number of nitrogens with zero attached hydrogens (tertiary/aromatic N) is 1. The fourth-order valence-corrected chi connectivity index (χ4v) is 2.17.